The Labute approximate surface area is 172 Å². The van der Waals surface area contributed by atoms with Crippen LogP contribution in [0.25, 0.3) is 11.1 Å². The van der Waals surface area contributed by atoms with E-state index in [2.05, 4.69) is 108 Å². The highest BCUT2D eigenvalue weighted by Crippen LogP contribution is 2.39. The van der Waals surface area contributed by atoms with Crippen LogP contribution in [-0.2, 0) is 0 Å². The second kappa shape index (κ2) is 8.23. The van der Waals surface area contributed by atoms with Crippen LogP contribution < -0.4 is 15.0 Å². The van der Waals surface area contributed by atoms with Crippen LogP contribution in [0.4, 0.5) is 0 Å². The van der Waals surface area contributed by atoms with Gasteiger partial charge >= 0.3 is 0 Å². The van der Waals surface area contributed by atoms with Gasteiger partial charge in [0.05, 0.1) is 0 Å². The number of rotatable bonds is 5. The molecule has 0 aliphatic carbocycles. The molecule has 0 saturated carbocycles. The first-order chi connectivity index (χ1) is 13.2. The molecule has 0 heterocycles. The summed E-state index contributed by atoms with van der Waals surface area (Å²) in [5.74, 6) is 1.01. The van der Waals surface area contributed by atoms with Crippen molar-refractivity contribution in [3.8, 4) is 16.9 Å². The average molecular weight is 407 g/mol. The summed E-state index contributed by atoms with van der Waals surface area (Å²) in [6, 6.07) is 22.0. The molecular weight excluding hydrogens is 375 g/mol. The van der Waals surface area contributed by atoms with Gasteiger partial charge in [-0.2, -0.15) is 0 Å². The lowest BCUT2D eigenvalue weighted by Crippen LogP contribution is -2.29. The highest BCUT2D eigenvalue weighted by molar-refractivity contribution is 7.72. The third kappa shape index (κ3) is 4.56. The van der Waals surface area contributed by atoms with Gasteiger partial charge in [-0.1, -0.05) is 60.2 Å². The molecule has 3 aromatic carbocycles. The van der Waals surface area contributed by atoms with E-state index in [4.69, 9.17) is 4.43 Å². The molecule has 0 radical (unpaired) electrons. The van der Waals surface area contributed by atoms with Crippen molar-refractivity contribution in [3.63, 3.8) is 0 Å². The largest absolute Gasteiger partial charge is 0.544 e. The lowest BCUT2D eigenvalue weighted by molar-refractivity contribution is 0.560. The average Bonchev–Trinajstić information content (AvgIpc) is 2.60. The van der Waals surface area contributed by atoms with Crippen molar-refractivity contribution >= 4 is 26.8 Å². The topological polar surface area (TPSA) is 9.23 Å². The van der Waals surface area contributed by atoms with Crippen LogP contribution in [0.2, 0.25) is 19.6 Å². The van der Waals surface area contributed by atoms with Gasteiger partial charge in [-0.05, 0) is 88.4 Å². The van der Waals surface area contributed by atoms with Crippen LogP contribution in [0, 0.1) is 20.8 Å². The molecule has 0 bridgehead atoms. The molecular formula is C25H31OPSi. The normalized spacial score (nSPS) is 12.7. The molecule has 1 nitrogen and oxygen atoms in total. The molecule has 0 amide bonds. The molecule has 3 aromatic rings. The maximum absolute atomic E-state index is 6.44. The Morgan fingerprint density at radius 3 is 1.89 bits per heavy atom. The Hall–Kier alpha value is -1.89. The molecule has 1 atom stereocenters. The fourth-order valence-corrected chi connectivity index (χ4v) is 7.06. The minimum atomic E-state index is -1.69. The van der Waals surface area contributed by atoms with Crippen LogP contribution in [0.15, 0.2) is 60.7 Å². The van der Waals surface area contributed by atoms with E-state index in [1.54, 1.807) is 0 Å². The van der Waals surface area contributed by atoms with Crippen LogP contribution in [-0.4, -0.2) is 15.0 Å². The van der Waals surface area contributed by atoms with Crippen LogP contribution in [0.5, 0.6) is 5.75 Å². The Morgan fingerprint density at radius 1 is 0.750 bits per heavy atom. The third-order valence-electron chi connectivity index (χ3n) is 4.83. The van der Waals surface area contributed by atoms with Crippen LogP contribution in [0.1, 0.15) is 16.7 Å². The number of hydrogen-bond acceptors (Lipinski definition) is 1. The molecule has 0 aliphatic heterocycles. The quantitative estimate of drug-likeness (QED) is 0.345. The molecule has 0 aromatic heterocycles. The molecule has 28 heavy (non-hydrogen) atoms. The summed E-state index contributed by atoms with van der Waals surface area (Å²) in [4.78, 5) is 0. The first-order valence-corrected chi connectivity index (χ1v) is 15.1. The Balaban J connectivity index is 2.14. The summed E-state index contributed by atoms with van der Waals surface area (Å²) in [5.41, 5.74) is 6.63. The number of aryl methyl sites for hydroxylation is 3. The zero-order chi connectivity index (χ0) is 20.5. The summed E-state index contributed by atoms with van der Waals surface area (Å²) in [7, 11) is -2.15. The van der Waals surface area contributed by atoms with E-state index < -0.39 is 16.2 Å². The van der Waals surface area contributed by atoms with Crippen LogP contribution >= 0.6 is 7.92 Å². The Morgan fingerprint density at radius 2 is 1.29 bits per heavy atom. The fraction of sp³-hybridized carbons (Fsp3) is 0.280. The van der Waals surface area contributed by atoms with E-state index in [1.807, 2.05) is 0 Å². The zero-order valence-corrected chi connectivity index (χ0v) is 20.0. The van der Waals surface area contributed by atoms with Gasteiger partial charge in [-0.3, -0.25) is 0 Å². The van der Waals surface area contributed by atoms with Gasteiger partial charge in [0, 0.05) is 5.56 Å². The highest BCUT2D eigenvalue weighted by Gasteiger charge is 2.22. The predicted octanol–water partition coefficient (Wildman–Crippen LogP) is 6.56. The van der Waals surface area contributed by atoms with Gasteiger partial charge in [0.15, 0.2) is 0 Å². The predicted molar refractivity (Wildman–Crippen MR) is 129 cm³/mol. The maximum Gasteiger partial charge on any atom is 0.242 e. The Bertz CT molecular complexity index is 965. The monoisotopic (exact) mass is 406 g/mol. The fourth-order valence-electron chi connectivity index (χ4n) is 3.92. The van der Waals surface area contributed by atoms with Crippen molar-refractivity contribution < 1.29 is 4.43 Å². The molecule has 3 heteroatoms. The highest BCUT2D eigenvalue weighted by atomic mass is 31.1. The minimum Gasteiger partial charge on any atom is -0.544 e. The van der Waals surface area contributed by atoms with Crippen LogP contribution in [0.3, 0.4) is 0 Å². The molecule has 0 N–H and O–H groups in total. The molecule has 1 unspecified atom stereocenters. The number of benzene rings is 3. The van der Waals surface area contributed by atoms with E-state index in [-0.39, 0.29) is 0 Å². The number of para-hydroxylation sites is 1. The maximum atomic E-state index is 6.44. The van der Waals surface area contributed by atoms with E-state index in [0.717, 1.165) is 5.75 Å². The first-order valence-electron chi connectivity index (χ1n) is 9.86. The summed E-state index contributed by atoms with van der Waals surface area (Å²) in [6.07, 6.45) is 0. The Kier molecular flexibility index (Phi) is 6.12. The van der Waals surface area contributed by atoms with E-state index in [0.29, 0.717) is 0 Å². The first kappa shape index (κ1) is 20.8. The second-order valence-electron chi connectivity index (χ2n) is 8.53. The van der Waals surface area contributed by atoms with Crippen molar-refractivity contribution in [1.29, 1.82) is 0 Å². The SMILES string of the molecule is Cc1cc(C)c(P(C)c2ccccc2-c2ccccc2O[Si](C)(C)C)c(C)c1. The van der Waals surface area contributed by atoms with Gasteiger partial charge in [0.1, 0.15) is 5.75 Å². The van der Waals surface area contributed by atoms with Gasteiger partial charge < -0.3 is 4.43 Å². The number of hydrogen-bond donors (Lipinski definition) is 0. The molecule has 146 valence electrons. The van der Waals surface area contributed by atoms with Crippen molar-refractivity contribution in [2.75, 3.05) is 6.66 Å². The van der Waals surface area contributed by atoms with Gasteiger partial charge in [0.2, 0.25) is 8.32 Å². The van der Waals surface area contributed by atoms with Crippen molar-refractivity contribution in [2.24, 2.45) is 0 Å². The van der Waals surface area contributed by atoms with Gasteiger partial charge in [-0.15, -0.1) is 0 Å². The van der Waals surface area contributed by atoms with Crippen molar-refractivity contribution in [1.82, 2.24) is 0 Å². The summed E-state index contributed by atoms with van der Waals surface area (Å²) < 4.78 is 6.44. The lowest BCUT2D eigenvalue weighted by atomic mass is 10.0. The van der Waals surface area contributed by atoms with Crippen molar-refractivity contribution in [3.05, 3.63) is 77.4 Å². The lowest BCUT2D eigenvalue weighted by Gasteiger charge is -2.25. The van der Waals surface area contributed by atoms with E-state index >= 15 is 0 Å². The molecule has 0 saturated heterocycles. The second-order valence-corrected chi connectivity index (χ2v) is 15.0. The van der Waals surface area contributed by atoms with Gasteiger partial charge in [-0.25, -0.2) is 0 Å². The molecule has 0 spiro atoms. The summed E-state index contributed by atoms with van der Waals surface area (Å²) in [5, 5.41) is 2.91. The summed E-state index contributed by atoms with van der Waals surface area (Å²) >= 11 is 0. The standard InChI is InChI=1S/C25H31OPSi/c1-18-16-19(2)25(20(3)17-18)27(4)24-15-11-9-13-22(24)21-12-8-10-14-23(21)26-28(5,6)7/h8-17H,1-7H3. The molecule has 0 fully saturated rings. The third-order valence-corrected chi connectivity index (χ3v) is 8.15. The molecule has 3 rings (SSSR count). The summed E-state index contributed by atoms with van der Waals surface area (Å²) in [6.45, 7) is 15.8. The smallest absolute Gasteiger partial charge is 0.242 e. The van der Waals surface area contributed by atoms with E-state index in [1.165, 1.54) is 38.4 Å². The minimum absolute atomic E-state index is 0.459. The van der Waals surface area contributed by atoms with Crippen molar-refractivity contribution in [2.45, 2.75) is 40.4 Å². The van der Waals surface area contributed by atoms with Gasteiger partial charge in [0.25, 0.3) is 0 Å². The van der Waals surface area contributed by atoms with E-state index in [9.17, 15) is 0 Å². The zero-order valence-electron chi connectivity index (χ0n) is 18.1. The molecule has 0 aliphatic rings.